The predicted octanol–water partition coefficient (Wildman–Crippen LogP) is 1.60. The van der Waals surface area contributed by atoms with Crippen LogP contribution in [0.15, 0.2) is 0 Å². The third-order valence-electron chi connectivity index (χ3n) is 2.50. The van der Waals surface area contributed by atoms with Crippen LogP contribution in [-0.4, -0.2) is 18.6 Å². The third kappa shape index (κ3) is 4.88. The molecular formula is C10H19NO2. The zero-order valence-electron chi connectivity index (χ0n) is 8.13. The molecule has 76 valence electrons. The molecule has 13 heavy (non-hydrogen) atoms. The average molecular weight is 185 g/mol. The summed E-state index contributed by atoms with van der Waals surface area (Å²) in [5.74, 6) is -0.270. The SMILES string of the molecule is NC(=O)CCOC1CCCCCC1. The molecule has 1 amide bonds. The van der Waals surface area contributed by atoms with Gasteiger partial charge in [0.15, 0.2) is 0 Å². The Morgan fingerprint density at radius 2 is 1.85 bits per heavy atom. The van der Waals surface area contributed by atoms with Crippen molar-refractivity contribution >= 4 is 5.91 Å². The monoisotopic (exact) mass is 185 g/mol. The Morgan fingerprint density at radius 3 is 2.38 bits per heavy atom. The summed E-state index contributed by atoms with van der Waals surface area (Å²) in [4.78, 5) is 10.5. The van der Waals surface area contributed by atoms with Crippen molar-refractivity contribution in [3.63, 3.8) is 0 Å². The van der Waals surface area contributed by atoms with E-state index in [9.17, 15) is 4.79 Å². The summed E-state index contributed by atoms with van der Waals surface area (Å²) >= 11 is 0. The van der Waals surface area contributed by atoms with E-state index in [0.29, 0.717) is 19.1 Å². The molecule has 0 radical (unpaired) electrons. The summed E-state index contributed by atoms with van der Waals surface area (Å²) in [6.07, 6.45) is 8.23. The van der Waals surface area contributed by atoms with Gasteiger partial charge in [0.2, 0.25) is 5.91 Å². The Kier molecular flexibility index (Phi) is 4.83. The van der Waals surface area contributed by atoms with Crippen molar-refractivity contribution in [3.8, 4) is 0 Å². The van der Waals surface area contributed by atoms with Crippen LogP contribution in [0, 0.1) is 0 Å². The first-order valence-electron chi connectivity index (χ1n) is 5.19. The third-order valence-corrected chi connectivity index (χ3v) is 2.50. The molecule has 1 fully saturated rings. The molecule has 0 bridgehead atoms. The van der Waals surface area contributed by atoms with Crippen LogP contribution < -0.4 is 5.73 Å². The quantitative estimate of drug-likeness (QED) is 0.676. The second-order valence-corrected chi connectivity index (χ2v) is 3.70. The van der Waals surface area contributed by atoms with Gasteiger partial charge in [-0.25, -0.2) is 0 Å². The summed E-state index contributed by atoms with van der Waals surface area (Å²) in [5, 5.41) is 0. The molecule has 1 rings (SSSR count). The number of carbonyl (C=O) groups is 1. The molecule has 0 aromatic heterocycles. The Morgan fingerprint density at radius 1 is 1.23 bits per heavy atom. The minimum Gasteiger partial charge on any atom is -0.378 e. The topological polar surface area (TPSA) is 52.3 Å². The van der Waals surface area contributed by atoms with E-state index in [1.165, 1.54) is 25.7 Å². The minimum atomic E-state index is -0.270. The van der Waals surface area contributed by atoms with Crippen molar-refractivity contribution in [1.29, 1.82) is 0 Å². The fourth-order valence-electron chi connectivity index (χ4n) is 1.73. The first-order chi connectivity index (χ1) is 6.29. The average Bonchev–Trinajstić information content (AvgIpc) is 2.32. The van der Waals surface area contributed by atoms with Crippen molar-refractivity contribution in [2.45, 2.75) is 51.0 Å². The molecular weight excluding hydrogens is 166 g/mol. The van der Waals surface area contributed by atoms with Crippen LogP contribution in [0.25, 0.3) is 0 Å². The lowest BCUT2D eigenvalue weighted by Crippen LogP contribution is -2.18. The molecule has 1 aliphatic carbocycles. The summed E-state index contributed by atoms with van der Waals surface area (Å²) < 4.78 is 5.57. The predicted molar refractivity (Wildman–Crippen MR) is 51.3 cm³/mol. The molecule has 0 aromatic rings. The van der Waals surface area contributed by atoms with E-state index >= 15 is 0 Å². The van der Waals surface area contributed by atoms with Gasteiger partial charge in [-0.1, -0.05) is 25.7 Å². The van der Waals surface area contributed by atoms with Gasteiger partial charge in [0.1, 0.15) is 0 Å². The molecule has 0 spiro atoms. The minimum absolute atomic E-state index is 0.270. The van der Waals surface area contributed by atoms with Crippen molar-refractivity contribution in [3.05, 3.63) is 0 Å². The van der Waals surface area contributed by atoms with Gasteiger partial charge in [0, 0.05) is 6.42 Å². The van der Waals surface area contributed by atoms with E-state index in [1.54, 1.807) is 0 Å². The lowest BCUT2D eigenvalue weighted by molar-refractivity contribution is -0.119. The number of carbonyl (C=O) groups excluding carboxylic acids is 1. The van der Waals surface area contributed by atoms with E-state index < -0.39 is 0 Å². The van der Waals surface area contributed by atoms with Gasteiger partial charge in [0.05, 0.1) is 12.7 Å². The van der Waals surface area contributed by atoms with Crippen LogP contribution in [-0.2, 0) is 9.53 Å². The Hall–Kier alpha value is -0.570. The largest absolute Gasteiger partial charge is 0.378 e. The molecule has 2 N–H and O–H groups in total. The number of hydrogen-bond donors (Lipinski definition) is 1. The van der Waals surface area contributed by atoms with Gasteiger partial charge in [-0.3, -0.25) is 4.79 Å². The van der Waals surface area contributed by atoms with Crippen molar-refractivity contribution < 1.29 is 9.53 Å². The number of rotatable bonds is 4. The fourth-order valence-corrected chi connectivity index (χ4v) is 1.73. The summed E-state index contributed by atoms with van der Waals surface area (Å²) in [6, 6.07) is 0. The Labute approximate surface area is 79.6 Å². The molecule has 3 heteroatoms. The molecule has 3 nitrogen and oxygen atoms in total. The number of hydrogen-bond acceptors (Lipinski definition) is 2. The van der Waals surface area contributed by atoms with E-state index in [2.05, 4.69) is 0 Å². The van der Waals surface area contributed by atoms with Crippen LogP contribution in [0.1, 0.15) is 44.9 Å². The van der Waals surface area contributed by atoms with Crippen molar-refractivity contribution in [2.24, 2.45) is 5.73 Å². The molecule has 0 aromatic carbocycles. The zero-order valence-corrected chi connectivity index (χ0v) is 8.13. The first-order valence-corrected chi connectivity index (χ1v) is 5.19. The smallest absolute Gasteiger partial charge is 0.219 e. The van der Waals surface area contributed by atoms with Gasteiger partial charge in [-0.15, -0.1) is 0 Å². The highest BCUT2D eigenvalue weighted by Gasteiger charge is 2.12. The maximum atomic E-state index is 10.5. The van der Waals surface area contributed by atoms with E-state index in [-0.39, 0.29) is 5.91 Å². The number of amides is 1. The van der Waals surface area contributed by atoms with Crippen LogP contribution in [0.5, 0.6) is 0 Å². The highest BCUT2D eigenvalue weighted by Crippen LogP contribution is 2.19. The standard InChI is InChI=1S/C10H19NO2/c11-10(12)7-8-13-9-5-3-1-2-4-6-9/h9H,1-8H2,(H2,11,12). The summed E-state index contributed by atoms with van der Waals surface area (Å²) in [5.41, 5.74) is 5.02. The second-order valence-electron chi connectivity index (χ2n) is 3.70. The number of ether oxygens (including phenoxy) is 1. The molecule has 1 aliphatic rings. The van der Waals surface area contributed by atoms with E-state index in [4.69, 9.17) is 10.5 Å². The highest BCUT2D eigenvalue weighted by molar-refractivity contribution is 5.73. The van der Waals surface area contributed by atoms with E-state index in [1.807, 2.05) is 0 Å². The van der Waals surface area contributed by atoms with Crippen LogP contribution in [0.4, 0.5) is 0 Å². The van der Waals surface area contributed by atoms with E-state index in [0.717, 1.165) is 12.8 Å². The Bertz CT molecular complexity index is 151. The second kappa shape index (κ2) is 5.97. The maximum Gasteiger partial charge on any atom is 0.219 e. The van der Waals surface area contributed by atoms with Gasteiger partial charge >= 0.3 is 0 Å². The van der Waals surface area contributed by atoms with Gasteiger partial charge < -0.3 is 10.5 Å². The maximum absolute atomic E-state index is 10.5. The van der Waals surface area contributed by atoms with Crippen LogP contribution in [0.2, 0.25) is 0 Å². The molecule has 0 aliphatic heterocycles. The summed E-state index contributed by atoms with van der Waals surface area (Å²) in [7, 11) is 0. The molecule has 0 atom stereocenters. The fraction of sp³-hybridized carbons (Fsp3) is 0.900. The first kappa shape index (κ1) is 10.5. The molecule has 0 saturated heterocycles. The normalized spacial score (nSPS) is 19.7. The molecule has 0 unspecified atom stereocenters. The number of nitrogens with two attached hydrogens (primary N) is 1. The van der Waals surface area contributed by atoms with Crippen molar-refractivity contribution in [1.82, 2.24) is 0 Å². The number of primary amides is 1. The van der Waals surface area contributed by atoms with Gasteiger partial charge in [-0.2, -0.15) is 0 Å². The van der Waals surface area contributed by atoms with Crippen molar-refractivity contribution in [2.75, 3.05) is 6.61 Å². The van der Waals surface area contributed by atoms with Gasteiger partial charge in [-0.05, 0) is 12.8 Å². The summed E-state index contributed by atoms with van der Waals surface area (Å²) in [6.45, 7) is 0.500. The molecule has 0 heterocycles. The Balaban J connectivity index is 2.08. The lowest BCUT2D eigenvalue weighted by atomic mass is 10.1. The zero-order chi connectivity index (χ0) is 9.52. The molecule has 1 saturated carbocycles. The van der Waals surface area contributed by atoms with Gasteiger partial charge in [0.25, 0.3) is 0 Å². The van der Waals surface area contributed by atoms with Crippen LogP contribution >= 0.6 is 0 Å². The lowest BCUT2D eigenvalue weighted by Gasteiger charge is -2.14. The van der Waals surface area contributed by atoms with Crippen LogP contribution in [0.3, 0.4) is 0 Å². The highest BCUT2D eigenvalue weighted by atomic mass is 16.5.